The molecular weight excluding hydrogens is 953 g/mol. The van der Waals surface area contributed by atoms with Crippen molar-refractivity contribution in [1.82, 2.24) is 26.4 Å². The zero-order valence-corrected chi connectivity index (χ0v) is 44.7. The second-order valence-corrected chi connectivity index (χ2v) is 20.8. The van der Waals surface area contributed by atoms with Crippen LogP contribution in [0.2, 0.25) is 0 Å². The highest BCUT2D eigenvalue weighted by atomic mass is 16.6. The molecule has 3 aliphatic heterocycles. The van der Waals surface area contributed by atoms with Gasteiger partial charge in [-0.1, -0.05) is 83.0 Å². The van der Waals surface area contributed by atoms with Crippen LogP contribution in [0.4, 0.5) is 15.3 Å². The van der Waals surface area contributed by atoms with Crippen molar-refractivity contribution in [1.29, 1.82) is 0 Å². The van der Waals surface area contributed by atoms with Crippen molar-refractivity contribution in [2.45, 2.75) is 174 Å². The molecule has 4 rings (SSSR count). The third-order valence-corrected chi connectivity index (χ3v) is 13.6. The summed E-state index contributed by atoms with van der Waals surface area (Å²) in [6.45, 7) is 14.7. The number of primary amides is 1. The molecule has 10 N–H and O–H groups in total. The van der Waals surface area contributed by atoms with Crippen molar-refractivity contribution in [3.05, 3.63) is 65.8 Å². The molecule has 20 heteroatoms. The first-order valence-electron chi connectivity index (χ1n) is 26.2. The first kappa shape index (κ1) is 60.9. The number of hydrogen-bond donors (Lipinski definition) is 8. The van der Waals surface area contributed by atoms with Gasteiger partial charge in [0.2, 0.25) is 23.6 Å². The van der Waals surface area contributed by atoms with Gasteiger partial charge in [0.15, 0.2) is 5.78 Å². The predicted molar refractivity (Wildman–Crippen MR) is 280 cm³/mol. The molecule has 3 saturated heterocycles. The van der Waals surface area contributed by atoms with Gasteiger partial charge >= 0.3 is 12.1 Å². The summed E-state index contributed by atoms with van der Waals surface area (Å²) in [6, 6.07) is 4.98. The van der Waals surface area contributed by atoms with E-state index in [2.05, 4.69) is 39.7 Å². The summed E-state index contributed by atoms with van der Waals surface area (Å²) in [5.41, 5.74) is 14.3. The zero-order valence-electron chi connectivity index (χ0n) is 44.7. The molecule has 3 fully saturated rings. The molecule has 1 aromatic rings. The number of nitrogens with zero attached hydrogens (tertiary/aromatic N) is 1. The van der Waals surface area contributed by atoms with Crippen molar-refractivity contribution in [3.8, 4) is 0 Å². The fourth-order valence-electron chi connectivity index (χ4n) is 9.01. The topological polar surface area (TPSA) is 295 Å². The molecule has 1 spiro atoms. The Morgan fingerprint density at radius 2 is 1.70 bits per heavy atom. The monoisotopic (exact) mass is 1040 g/mol. The van der Waals surface area contributed by atoms with Crippen LogP contribution in [0, 0.1) is 23.7 Å². The fraction of sp³-hybridized carbons (Fsp3) is 0.648. The van der Waals surface area contributed by atoms with E-state index in [1.165, 1.54) is 7.05 Å². The number of carbonyl (C=O) groups excluding carboxylic acids is 7. The van der Waals surface area contributed by atoms with Gasteiger partial charge < -0.3 is 56.8 Å². The number of rotatable bonds is 27. The number of hydrazine groups is 1. The fourth-order valence-corrected chi connectivity index (χ4v) is 9.01. The van der Waals surface area contributed by atoms with E-state index >= 15 is 0 Å². The number of anilines is 1. The van der Waals surface area contributed by atoms with Crippen LogP contribution in [-0.2, 0) is 49.5 Å². The number of benzene rings is 1. The minimum atomic E-state index is -0.943. The number of urea groups is 1. The van der Waals surface area contributed by atoms with E-state index in [0.717, 1.165) is 29.8 Å². The highest BCUT2D eigenvalue weighted by molar-refractivity contribution is 5.97. The minimum absolute atomic E-state index is 0.0312. The normalized spacial score (nSPS) is 24.6. The van der Waals surface area contributed by atoms with Gasteiger partial charge in [-0.05, 0) is 100 Å². The molecule has 0 saturated carbocycles. The number of allylic oxidation sites excluding steroid dienone is 3. The molecule has 3 aliphatic rings. The van der Waals surface area contributed by atoms with Crippen LogP contribution in [0.1, 0.15) is 125 Å². The van der Waals surface area contributed by atoms with E-state index in [-0.39, 0.29) is 92.4 Å². The molecule has 412 valence electrons. The Bertz CT molecular complexity index is 2130. The Kier molecular flexibility index (Phi) is 24.7. The van der Waals surface area contributed by atoms with Crippen molar-refractivity contribution in [2.75, 3.05) is 32.1 Å². The predicted octanol–water partition coefficient (Wildman–Crippen LogP) is 4.99. The van der Waals surface area contributed by atoms with E-state index in [1.54, 1.807) is 36.4 Å². The summed E-state index contributed by atoms with van der Waals surface area (Å²) in [5, 5.41) is 23.5. The number of ketones is 1. The minimum Gasteiger partial charge on any atom is -0.443 e. The van der Waals surface area contributed by atoms with Crippen LogP contribution in [0.15, 0.2) is 60.2 Å². The number of epoxide rings is 1. The highest BCUT2D eigenvalue weighted by Crippen LogP contribution is 2.43. The number of amides is 7. The number of Topliss-reactive ketones (excluding diaryl/α,β-unsaturated/α-hetero) is 1. The van der Waals surface area contributed by atoms with Crippen LogP contribution in [-0.4, -0.2) is 127 Å². The summed E-state index contributed by atoms with van der Waals surface area (Å²) in [6.07, 6.45) is 10.5. The van der Waals surface area contributed by atoms with Gasteiger partial charge in [-0.25, -0.2) is 15.0 Å². The summed E-state index contributed by atoms with van der Waals surface area (Å²) < 4.78 is 23.7. The standard InChI is InChI=1S/C54H84N8O12/c1-33(2)15-24-47(65)59-42-27-36(6)44(73-37(42)7)22-16-35(5)17-23-45-50(67)54(32-72-54)30-41(74-45)29-48(66)62(8)61-53(70)71-31-38-18-20-40(21-19-38)58-51(68)39(13-12-26-57-52(56)69)28-43(63)49(34(3)4)60-46(64)14-10-9-11-25-55/h15-21,23-24,33-34,36-37,39,41-42,44-45,49-50,67H,9-14,22,25-32,55H2,1-8H3,(H,58,68)(H,59,65)(H,60,64)(H,61,70)(H3,56,57,69)/b23-17+,24-15-,35-16+/t36-,37+,39+,41+,42+,44-,45+,49-,50+,54+/m0/s1. The lowest BCUT2D eigenvalue weighted by molar-refractivity contribution is -0.151. The van der Waals surface area contributed by atoms with Crippen LogP contribution < -0.4 is 38.2 Å². The maximum Gasteiger partial charge on any atom is 0.426 e. The average Bonchev–Trinajstić information content (AvgIpc) is 4.12. The molecule has 0 unspecified atom stereocenters. The number of unbranched alkanes of at least 4 members (excludes halogenated alkanes) is 2. The molecule has 1 aromatic carbocycles. The van der Waals surface area contributed by atoms with Gasteiger partial charge in [0.05, 0.1) is 43.4 Å². The molecule has 0 radical (unpaired) electrons. The van der Waals surface area contributed by atoms with E-state index in [1.807, 2.05) is 53.7 Å². The number of ether oxygens (including phenoxy) is 4. The third-order valence-electron chi connectivity index (χ3n) is 13.6. The first-order valence-corrected chi connectivity index (χ1v) is 26.2. The maximum atomic E-state index is 13.6. The zero-order chi connectivity index (χ0) is 54.5. The second-order valence-electron chi connectivity index (χ2n) is 20.8. The molecule has 0 bridgehead atoms. The van der Waals surface area contributed by atoms with Crippen LogP contribution in [0.5, 0.6) is 0 Å². The molecule has 3 heterocycles. The van der Waals surface area contributed by atoms with Crippen LogP contribution in [0.3, 0.4) is 0 Å². The number of nitrogens with one attached hydrogen (secondary N) is 5. The van der Waals surface area contributed by atoms with Gasteiger partial charge in [0.1, 0.15) is 24.4 Å². The van der Waals surface area contributed by atoms with Crippen molar-refractivity contribution < 1.29 is 57.6 Å². The average molecular weight is 1040 g/mol. The van der Waals surface area contributed by atoms with Gasteiger partial charge in [-0.3, -0.25) is 29.0 Å². The number of aliphatic hydroxyl groups excluding tert-OH is 1. The van der Waals surface area contributed by atoms with E-state index < -0.39 is 59.8 Å². The van der Waals surface area contributed by atoms with E-state index in [0.29, 0.717) is 50.1 Å². The third kappa shape index (κ3) is 20.6. The summed E-state index contributed by atoms with van der Waals surface area (Å²) in [5.74, 6) is -2.01. The van der Waals surface area contributed by atoms with Crippen LogP contribution >= 0.6 is 0 Å². The molecule has 74 heavy (non-hydrogen) atoms. The van der Waals surface area contributed by atoms with Gasteiger partial charge in [-0.15, -0.1) is 0 Å². The lowest BCUT2D eigenvalue weighted by atomic mass is 9.87. The highest BCUT2D eigenvalue weighted by Gasteiger charge is 2.58. The quantitative estimate of drug-likeness (QED) is 0.0190. The molecule has 20 nitrogen and oxygen atoms in total. The lowest BCUT2D eigenvalue weighted by Crippen LogP contribution is -2.52. The molecule has 0 aliphatic carbocycles. The van der Waals surface area contributed by atoms with Gasteiger partial charge in [0.25, 0.3) is 0 Å². The summed E-state index contributed by atoms with van der Waals surface area (Å²) in [4.78, 5) is 89.6. The summed E-state index contributed by atoms with van der Waals surface area (Å²) in [7, 11) is 1.40. The molecular formula is C54H84N8O12. The van der Waals surface area contributed by atoms with Crippen molar-refractivity contribution in [2.24, 2.45) is 35.1 Å². The Morgan fingerprint density at radius 3 is 2.35 bits per heavy atom. The number of hydrogen-bond acceptors (Lipinski definition) is 13. The first-order chi connectivity index (χ1) is 35.1. The van der Waals surface area contributed by atoms with Crippen LogP contribution in [0.25, 0.3) is 0 Å². The Hall–Kier alpha value is -5.67. The molecule has 7 amide bonds. The van der Waals surface area contributed by atoms with E-state index in [4.69, 9.17) is 30.4 Å². The van der Waals surface area contributed by atoms with Gasteiger partial charge in [-0.2, -0.15) is 0 Å². The van der Waals surface area contributed by atoms with Gasteiger partial charge in [0, 0.05) is 44.5 Å². The van der Waals surface area contributed by atoms with Crippen molar-refractivity contribution >= 4 is 47.2 Å². The Balaban J connectivity index is 1.24. The SMILES string of the molecule is CC(/C=C/[C@H]1O[C@H](CC(=O)N(C)NC(=O)OCc2ccc(NC(=O)[C@H](CCCNC(N)=O)CC(=O)[C@@H](NC(=O)CCCCCN)C(C)C)cc2)C[C@@]2(CO2)[C@@H]1O)=C\C[C@@H]1O[C@H](C)[C@H](NC(=O)/C=C\C(C)C)C[C@@H]1C. The largest absolute Gasteiger partial charge is 0.443 e. The Morgan fingerprint density at radius 1 is 0.986 bits per heavy atom. The maximum absolute atomic E-state index is 13.6. The number of aliphatic hydroxyl groups is 1. The number of nitrogens with two attached hydrogens (primary N) is 2. The van der Waals surface area contributed by atoms with Crippen molar-refractivity contribution in [3.63, 3.8) is 0 Å². The van der Waals surface area contributed by atoms with E-state index in [9.17, 15) is 38.7 Å². The smallest absolute Gasteiger partial charge is 0.426 e. The molecule has 0 aromatic heterocycles. The second kappa shape index (κ2) is 30.0. The number of carbonyl (C=O) groups is 7. The Labute approximate surface area is 436 Å². The lowest BCUT2D eigenvalue weighted by Gasteiger charge is -2.39. The molecule has 10 atom stereocenters. The summed E-state index contributed by atoms with van der Waals surface area (Å²) >= 11 is 0.